The molecule has 1 aromatic rings. The van der Waals surface area contributed by atoms with E-state index < -0.39 is 34.6 Å². The van der Waals surface area contributed by atoms with Crippen molar-refractivity contribution in [3.63, 3.8) is 0 Å². The topological polar surface area (TPSA) is 181 Å². The van der Waals surface area contributed by atoms with Crippen LogP contribution in [0.2, 0.25) is 0 Å². The number of sulfonamides is 1. The van der Waals surface area contributed by atoms with Gasteiger partial charge < -0.3 is 21.4 Å². The monoisotopic (exact) mass is 436 g/mol. The summed E-state index contributed by atoms with van der Waals surface area (Å²) in [6, 6.07) is 5.02. The van der Waals surface area contributed by atoms with Crippen molar-refractivity contribution in [2.24, 2.45) is 21.5 Å². The summed E-state index contributed by atoms with van der Waals surface area (Å²) in [5.74, 6) is -0.872. The van der Waals surface area contributed by atoms with Crippen LogP contribution < -0.4 is 16.2 Å². The second-order valence-electron chi connectivity index (χ2n) is 6.36. The molecule has 30 heavy (non-hydrogen) atoms. The predicted molar refractivity (Wildman–Crippen MR) is 111 cm³/mol. The Morgan fingerprint density at radius 3 is 2.47 bits per heavy atom. The number of carbonyl (C=O) groups excluding carboxylic acids is 2. The number of carbonyl (C=O) groups is 2. The van der Waals surface area contributed by atoms with E-state index in [2.05, 4.69) is 14.7 Å². The minimum atomic E-state index is -4.07. The Balaban J connectivity index is 2.19. The second-order valence-corrected chi connectivity index (χ2v) is 8.08. The van der Waals surface area contributed by atoms with E-state index >= 15 is 0 Å². The van der Waals surface area contributed by atoms with Crippen LogP contribution in [0.25, 0.3) is 0 Å². The molecule has 0 saturated heterocycles. The normalized spacial score (nSPS) is 14.8. The molecule has 1 aliphatic rings. The fraction of sp³-hybridized carbons (Fsp3) is 0.333. The van der Waals surface area contributed by atoms with Crippen LogP contribution in [0, 0.1) is 0 Å². The van der Waals surface area contributed by atoms with E-state index in [0.717, 1.165) is 4.90 Å². The third-order valence-corrected chi connectivity index (χ3v) is 5.69. The SMILES string of the molecule is NC(N)=NCCC[C@@H](C=O)N(C(=O)[C@@H](CO)NS(=O)(=O)c1ccccc1)C1=CN=C1. The van der Waals surface area contributed by atoms with Crippen molar-refractivity contribution in [2.75, 3.05) is 13.2 Å². The van der Waals surface area contributed by atoms with Crippen LogP contribution in [-0.2, 0) is 19.6 Å². The molecule has 162 valence electrons. The first-order valence-electron chi connectivity index (χ1n) is 9.05. The zero-order valence-electron chi connectivity index (χ0n) is 16.1. The average Bonchev–Trinajstić information content (AvgIpc) is 2.69. The number of nitrogens with zero attached hydrogens (tertiary/aromatic N) is 3. The van der Waals surface area contributed by atoms with Crippen LogP contribution in [0.15, 0.2) is 57.1 Å². The molecular weight excluding hydrogens is 412 g/mol. The largest absolute Gasteiger partial charge is 0.394 e. The minimum absolute atomic E-state index is 0.0589. The van der Waals surface area contributed by atoms with Crippen molar-refractivity contribution in [1.29, 1.82) is 0 Å². The summed E-state index contributed by atoms with van der Waals surface area (Å²) < 4.78 is 27.3. The number of nitrogens with one attached hydrogen (secondary N) is 1. The molecule has 0 unspecified atom stereocenters. The van der Waals surface area contributed by atoms with Crippen molar-refractivity contribution in [2.45, 2.75) is 29.8 Å². The Morgan fingerprint density at radius 2 is 1.97 bits per heavy atom. The lowest BCUT2D eigenvalue weighted by atomic mass is 10.1. The maximum Gasteiger partial charge on any atom is 0.248 e. The van der Waals surface area contributed by atoms with Crippen LogP contribution in [0.5, 0.6) is 0 Å². The van der Waals surface area contributed by atoms with Gasteiger partial charge in [-0.25, -0.2) is 8.42 Å². The van der Waals surface area contributed by atoms with Crippen LogP contribution in [0.1, 0.15) is 12.8 Å². The molecule has 0 aromatic heterocycles. The van der Waals surface area contributed by atoms with Crippen molar-refractivity contribution in [3.8, 4) is 0 Å². The molecule has 12 heteroatoms. The molecular formula is C18H24N6O5S. The maximum absolute atomic E-state index is 13.1. The number of amides is 1. The van der Waals surface area contributed by atoms with Crippen LogP contribution in [-0.4, -0.2) is 68.0 Å². The van der Waals surface area contributed by atoms with Gasteiger partial charge in [0.25, 0.3) is 0 Å². The third-order valence-electron chi connectivity index (χ3n) is 4.20. The Labute approximate surface area is 174 Å². The maximum atomic E-state index is 13.1. The predicted octanol–water partition coefficient (Wildman–Crippen LogP) is -1.30. The van der Waals surface area contributed by atoms with Crippen molar-refractivity contribution in [3.05, 3.63) is 42.2 Å². The lowest BCUT2D eigenvalue weighted by molar-refractivity contribution is -0.136. The first-order chi connectivity index (χ1) is 14.3. The third kappa shape index (κ3) is 5.95. The van der Waals surface area contributed by atoms with Gasteiger partial charge in [-0.1, -0.05) is 18.2 Å². The van der Waals surface area contributed by atoms with Gasteiger partial charge in [-0.2, -0.15) is 4.72 Å². The quantitative estimate of drug-likeness (QED) is 0.136. The van der Waals surface area contributed by atoms with Gasteiger partial charge in [0.15, 0.2) is 5.96 Å². The molecule has 0 fully saturated rings. The molecule has 1 heterocycles. The molecule has 0 spiro atoms. The number of allylic oxidation sites excluding steroid dienone is 1. The van der Waals surface area contributed by atoms with Crippen molar-refractivity contribution >= 4 is 34.4 Å². The lowest BCUT2D eigenvalue weighted by Crippen LogP contribution is -2.54. The summed E-state index contributed by atoms with van der Waals surface area (Å²) in [4.78, 5) is 33.4. The highest BCUT2D eigenvalue weighted by molar-refractivity contribution is 7.89. The van der Waals surface area contributed by atoms with Crippen LogP contribution >= 0.6 is 0 Å². The van der Waals surface area contributed by atoms with Gasteiger partial charge >= 0.3 is 0 Å². The number of aliphatic hydroxyl groups excluding tert-OH is 1. The van der Waals surface area contributed by atoms with E-state index in [1.165, 1.54) is 36.7 Å². The highest BCUT2D eigenvalue weighted by atomic mass is 32.2. The van der Waals surface area contributed by atoms with E-state index in [1.807, 2.05) is 0 Å². The van der Waals surface area contributed by atoms with E-state index in [1.54, 1.807) is 6.07 Å². The summed E-state index contributed by atoms with van der Waals surface area (Å²) in [6.07, 6.45) is 3.92. The first-order valence-corrected chi connectivity index (χ1v) is 10.5. The van der Waals surface area contributed by atoms with E-state index in [9.17, 15) is 23.1 Å². The Kier molecular flexibility index (Phi) is 8.21. The van der Waals surface area contributed by atoms with E-state index in [-0.39, 0.29) is 23.8 Å². The molecule has 1 aromatic carbocycles. The summed E-state index contributed by atoms with van der Waals surface area (Å²) >= 11 is 0. The molecule has 2 rings (SSSR count). The minimum Gasteiger partial charge on any atom is -0.394 e. The number of aliphatic imine (C=N–C) groups is 2. The van der Waals surface area contributed by atoms with Gasteiger partial charge in [0.2, 0.25) is 15.9 Å². The van der Waals surface area contributed by atoms with Gasteiger partial charge in [-0.3, -0.25) is 19.7 Å². The number of hydrogen-bond donors (Lipinski definition) is 4. The van der Waals surface area contributed by atoms with Gasteiger partial charge in [-0.05, 0) is 25.0 Å². The highest BCUT2D eigenvalue weighted by Gasteiger charge is 2.34. The number of benzene rings is 1. The lowest BCUT2D eigenvalue weighted by Gasteiger charge is -2.33. The molecule has 11 nitrogen and oxygen atoms in total. The zero-order valence-corrected chi connectivity index (χ0v) is 16.9. The second kappa shape index (κ2) is 10.6. The number of hydrogen-bond acceptors (Lipinski definition) is 7. The number of nitrogens with two attached hydrogens (primary N) is 2. The Morgan fingerprint density at radius 1 is 1.30 bits per heavy atom. The molecule has 0 bridgehead atoms. The fourth-order valence-corrected chi connectivity index (χ4v) is 3.90. The zero-order chi connectivity index (χ0) is 22.1. The Hall–Kier alpha value is -3.09. The number of rotatable bonds is 12. The molecule has 2 atom stereocenters. The average molecular weight is 436 g/mol. The number of aldehydes is 1. The first kappa shape index (κ1) is 23.2. The van der Waals surface area contributed by atoms with Crippen LogP contribution in [0.3, 0.4) is 0 Å². The molecule has 0 aliphatic carbocycles. The summed E-state index contributed by atoms with van der Waals surface area (Å²) in [6.45, 7) is -0.544. The van der Waals surface area contributed by atoms with Gasteiger partial charge in [0.1, 0.15) is 12.3 Å². The standard InChI is InChI=1S/C18H24N6O5S/c19-18(20)22-8-4-5-13(11-25)24(14-9-21-10-14)17(27)16(12-26)23-30(28,29)15-6-2-1-3-7-15/h1-3,6-7,9-11,13,16,23,26H,4-5,8,12H2,(H4,19,20,22)/t13-,16+/m0/s1. The van der Waals surface area contributed by atoms with Crippen molar-refractivity contribution < 1.29 is 23.1 Å². The fourth-order valence-electron chi connectivity index (χ4n) is 2.70. The summed E-state index contributed by atoms with van der Waals surface area (Å²) in [5, 5.41) is 9.70. The summed E-state index contributed by atoms with van der Waals surface area (Å²) in [7, 11) is -4.07. The molecule has 6 N–H and O–H groups in total. The number of guanidine groups is 1. The smallest absolute Gasteiger partial charge is 0.248 e. The van der Waals surface area contributed by atoms with Crippen LogP contribution in [0.4, 0.5) is 0 Å². The summed E-state index contributed by atoms with van der Waals surface area (Å²) in [5.41, 5.74) is 10.9. The Bertz CT molecular complexity index is 941. The molecule has 1 aliphatic heterocycles. The van der Waals surface area contributed by atoms with Gasteiger partial charge in [0, 0.05) is 6.54 Å². The van der Waals surface area contributed by atoms with Gasteiger partial charge in [0.05, 0.1) is 35.7 Å². The van der Waals surface area contributed by atoms with Gasteiger partial charge in [-0.15, -0.1) is 0 Å². The molecule has 0 saturated carbocycles. The van der Waals surface area contributed by atoms with Crippen molar-refractivity contribution in [1.82, 2.24) is 9.62 Å². The highest BCUT2D eigenvalue weighted by Crippen LogP contribution is 2.19. The molecule has 0 radical (unpaired) electrons. The number of aliphatic hydroxyl groups is 1. The molecule has 1 amide bonds. The van der Waals surface area contributed by atoms with E-state index in [0.29, 0.717) is 18.4 Å². The van der Waals surface area contributed by atoms with E-state index in [4.69, 9.17) is 11.5 Å².